The van der Waals surface area contributed by atoms with E-state index in [0.717, 1.165) is 7.14 Å². The maximum Gasteiger partial charge on any atom is 0.141 e. The SMILES string of the molecule is O=S([O-])Oc1cc(I)cc(I)c1. The minimum atomic E-state index is -2.49. The lowest BCUT2D eigenvalue weighted by molar-refractivity contribution is 0.440. The summed E-state index contributed by atoms with van der Waals surface area (Å²) in [5.41, 5.74) is 0. The van der Waals surface area contributed by atoms with Crippen molar-refractivity contribution in [2.24, 2.45) is 0 Å². The van der Waals surface area contributed by atoms with Crippen LogP contribution >= 0.6 is 45.2 Å². The van der Waals surface area contributed by atoms with Crippen molar-refractivity contribution >= 4 is 56.5 Å². The number of rotatable bonds is 2. The Hall–Kier alpha value is 0.590. The Morgan fingerprint density at radius 2 is 1.75 bits per heavy atom. The van der Waals surface area contributed by atoms with E-state index in [0.29, 0.717) is 5.75 Å². The Balaban J connectivity index is 2.93. The van der Waals surface area contributed by atoms with Crippen LogP contribution in [0.25, 0.3) is 0 Å². The van der Waals surface area contributed by atoms with Crippen LogP contribution in [0.4, 0.5) is 0 Å². The number of halogens is 2. The van der Waals surface area contributed by atoms with E-state index in [-0.39, 0.29) is 0 Å². The van der Waals surface area contributed by atoms with E-state index in [1.54, 1.807) is 12.1 Å². The van der Waals surface area contributed by atoms with Crippen LogP contribution in [-0.4, -0.2) is 8.76 Å². The number of hydrogen-bond donors (Lipinski definition) is 0. The molecule has 66 valence electrons. The average Bonchev–Trinajstić information content (AvgIpc) is 1.81. The molecule has 0 radical (unpaired) electrons. The van der Waals surface area contributed by atoms with Gasteiger partial charge in [0.15, 0.2) is 0 Å². The predicted molar refractivity (Wildman–Crippen MR) is 61.4 cm³/mol. The zero-order valence-electron chi connectivity index (χ0n) is 5.62. The summed E-state index contributed by atoms with van der Waals surface area (Å²) >= 11 is 1.69. The van der Waals surface area contributed by atoms with Crippen LogP contribution < -0.4 is 4.18 Å². The van der Waals surface area contributed by atoms with Gasteiger partial charge >= 0.3 is 0 Å². The molecule has 1 aromatic rings. The molecule has 0 fully saturated rings. The maximum absolute atomic E-state index is 10.2. The van der Waals surface area contributed by atoms with Gasteiger partial charge in [-0.1, -0.05) is 0 Å². The largest absolute Gasteiger partial charge is 0.740 e. The van der Waals surface area contributed by atoms with Crippen molar-refractivity contribution in [2.75, 3.05) is 0 Å². The third-order valence-electron chi connectivity index (χ3n) is 1.00. The molecule has 1 unspecified atom stereocenters. The molecular weight excluding hydrogens is 406 g/mol. The minimum absolute atomic E-state index is 0.347. The summed E-state index contributed by atoms with van der Waals surface area (Å²) < 4.78 is 26.7. The van der Waals surface area contributed by atoms with Gasteiger partial charge in [0.25, 0.3) is 0 Å². The molecule has 1 aromatic carbocycles. The molecule has 0 aliphatic rings. The van der Waals surface area contributed by atoms with Crippen LogP contribution in [0.1, 0.15) is 0 Å². The van der Waals surface area contributed by atoms with Crippen molar-refractivity contribution in [1.82, 2.24) is 0 Å². The van der Waals surface area contributed by atoms with Crippen molar-refractivity contribution in [1.29, 1.82) is 0 Å². The lowest BCUT2D eigenvalue weighted by Crippen LogP contribution is -1.98. The summed E-state index contributed by atoms with van der Waals surface area (Å²) in [5.74, 6) is 0.347. The molecule has 0 aliphatic heterocycles. The van der Waals surface area contributed by atoms with E-state index in [2.05, 4.69) is 49.4 Å². The molecule has 0 N–H and O–H groups in total. The highest BCUT2D eigenvalue weighted by atomic mass is 127. The van der Waals surface area contributed by atoms with Crippen LogP contribution in [0, 0.1) is 7.14 Å². The fraction of sp³-hybridized carbons (Fsp3) is 0. The Bertz CT molecular complexity index is 295. The summed E-state index contributed by atoms with van der Waals surface area (Å²) in [6.45, 7) is 0. The van der Waals surface area contributed by atoms with Crippen molar-refractivity contribution in [3.8, 4) is 5.75 Å². The van der Waals surface area contributed by atoms with Gasteiger partial charge in [-0.05, 0) is 63.4 Å². The van der Waals surface area contributed by atoms with Crippen molar-refractivity contribution in [3.05, 3.63) is 25.3 Å². The molecule has 0 aromatic heterocycles. The summed E-state index contributed by atoms with van der Waals surface area (Å²) in [6, 6.07) is 5.22. The van der Waals surface area contributed by atoms with Gasteiger partial charge in [0.2, 0.25) is 0 Å². The average molecular weight is 409 g/mol. The van der Waals surface area contributed by atoms with Crippen LogP contribution in [0.5, 0.6) is 5.75 Å². The third kappa shape index (κ3) is 3.54. The van der Waals surface area contributed by atoms with Gasteiger partial charge in [-0.2, -0.15) is 0 Å². The second kappa shape index (κ2) is 4.72. The summed E-state index contributed by atoms with van der Waals surface area (Å²) in [5, 5.41) is 0. The van der Waals surface area contributed by atoms with E-state index in [1.165, 1.54) is 0 Å². The van der Waals surface area contributed by atoms with Gasteiger partial charge < -0.3 is 8.74 Å². The molecule has 6 heteroatoms. The van der Waals surface area contributed by atoms with Crippen molar-refractivity contribution in [3.63, 3.8) is 0 Å². The summed E-state index contributed by atoms with van der Waals surface area (Å²) in [6.07, 6.45) is 0. The zero-order valence-corrected chi connectivity index (χ0v) is 10.8. The van der Waals surface area contributed by atoms with E-state index < -0.39 is 11.4 Å². The van der Waals surface area contributed by atoms with Crippen molar-refractivity contribution < 1.29 is 12.9 Å². The fourth-order valence-corrected chi connectivity index (χ4v) is 2.79. The highest BCUT2D eigenvalue weighted by molar-refractivity contribution is 14.1. The molecule has 0 saturated heterocycles. The first-order valence-electron chi connectivity index (χ1n) is 2.81. The lowest BCUT2D eigenvalue weighted by Gasteiger charge is -2.07. The normalized spacial score (nSPS) is 12.6. The quantitative estimate of drug-likeness (QED) is 0.556. The molecule has 0 amide bonds. The van der Waals surface area contributed by atoms with Gasteiger partial charge in [-0.3, -0.25) is 0 Å². The summed E-state index contributed by atoms with van der Waals surface area (Å²) in [7, 11) is 0. The molecular formula is C6H3I2O3S-. The van der Waals surface area contributed by atoms with E-state index in [4.69, 9.17) is 0 Å². The minimum Gasteiger partial charge on any atom is -0.740 e. The summed E-state index contributed by atoms with van der Waals surface area (Å²) in [4.78, 5) is 0. The molecule has 1 rings (SSSR count). The third-order valence-corrected chi connectivity index (χ3v) is 2.57. The van der Waals surface area contributed by atoms with E-state index >= 15 is 0 Å². The number of hydrogen-bond acceptors (Lipinski definition) is 3. The second-order valence-corrected chi connectivity index (χ2v) is 4.96. The smallest absolute Gasteiger partial charge is 0.141 e. The molecule has 12 heavy (non-hydrogen) atoms. The highest BCUT2D eigenvalue weighted by Crippen LogP contribution is 2.20. The zero-order chi connectivity index (χ0) is 9.14. The number of benzene rings is 1. The van der Waals surface area contributed by atoms with Gasteiger partial charge in [0.05, 0.1) is 0 Å². The first-order valence-corrected chi connectivity index (χ1v) is 5.97. The Morgan fingerprint density at radius 3 is 2.17 bits per heavy atom. The van der Waals surface area contributed by atoms with E-state index in [9.17, 15) is 8.76 Å². The van der Waals surface area contributed by atoms with Crippen LogP contribution in [0.15, 0.2) is 18.2 Å². The first kappa shape index (κ1) is 10.7. The molecule has 0 spiro atoms. The Kier molecular flexibility index (Phi) is 4.20. The van der Waals surface area contributed by atoms with Crippen LogP contribution in [0.2, 0.25) is 0 Å². The van der Waals surface area contributed by atoms with Gasteiger partial charge in [0, 0.05) is 7.14 Å². The van der Waals surface area contributed by atoms with Gasteiger partial charge in [0.1, 0.15) is 17.1 Å². The molecule has 1 atom stereocenters. The molecule has 0 heterocycles. The Morgan fingerprint density at radius 1 is 1.25 bits per heavy atom. The maximum atomic E-state index is 10.2. The van der Waals surface area contributed by atoms with E-state index in [1.807, 2.05) is 6.07 Å². The van der Waals surface area contributed by atoms with Gasteiger partial charge in [-0.15, -0.1) is 0 Å². The fourth-order valence-electron chi connectivity index (χ4n) is 0.655. The van der Waals surface area contributed by atoms with Crippen LogP contribution in [0.3, 0.4) is 0 Å². The highest BCUT2D eigenvalue weighted by Gasteiger charge is 1.97. The first-order chi connectivity index (χ1) is 5.58. The monoisotopic (exact) mass is 409 g/mol. The molecule has 3 nitrogen and oxygen atoms in total. The molecule has 0 saturated carbocycles. The lowest BCUT2D eigenvalue weighted by atomic mass is 10.3. The topological polar surface area (TPSA) is 49.4 Å². The predicted octanol–water partition coefficient (Wildman–Crippen LogP) is 2.07. The van der Waals surface area contributed by atoms with Gasteiger partial charge in [-0.25, -0.2) is 4.21 Å². The standard InChI is InChI=1S/C6H4I2O3S/c7-4-1-5(8)3-6(2-4)11-12(9)10/h1-3H,(H,9,10)/p-1. The van der Waals surface area contributed by atoms with Crippen molar-refractivity contribution in [2.45, 2.75) is 0 Å². The molecule has 0 bridgehead atoms. The molecule has 0 aliphatic carbocycles. The van der Waals surface area contributed by atoms with Crippen LogP contribution in [-0.2, 0) is 11.4 Å². The second-order valence-electron chi connectivity index (χ2n) is 1.89. The Labute approximate surface area is 99.7 Å².